The highest BCUT2D eigenvalue weighted by Gasteiger charge is 2.14. The maximum absolute atomic E-state index is 11.4. The van der Waals surface area contributed by atoms with E-state index in [0.717, 1.165) is 19.6 Å². The lowest BCUT2D eigenvalue weighted by Gasteiger charge is -2.16. The molecule has 4 heteroatoms. The number of nitrogens with one attached hydrogen (secondary N) is 2. The molecule has 0 aromatic heterocycles. The van der Waals surface area contributed by atoms with Gasteiger partial charge in [-0.3, -0.25) is 4.79 Å². The second kappa shape index (κ2) is 5.98. The molecular weight excluding hydrogens is 178 g/mol. The predicted molar refractivity (Wildman–Crippen MR) is 57.2 cm³/mol. The van der Waals surface area contributed by atoms with Crippen LogP contribution in [0.3, 0.4) is 0 Å². The second-order valence-corrected chi connectivity index (χ2v) is 3.83. The Hall–Kier alpha value is -0.610. The molecular formula is C10H21N3O. The Morgan fingerprint density at radius 1 is 1.64 bits per heavy atom. The lowest BCUT2D eigenvalue weighted by Crippen LogP contribution is -2.40. The van der Waals surface area contributed by atoms with Gasteiger partial charge in [0.05, 0.1) is 6.54 Å². The van der Waals surface area contributed by atoms with Crippen molar-refractivity contribution in [3.05, 3.63) is 0 Å². The summed E-state index contributed by atoms with van der Waals surface area (Å²) in [6.07, 6.45) is 2.49. The van der Waals surface area contributed by atoms with Gasteiger partial charge in [-0.1, -0.05) is 0 Å². The van der Waals surface area contributed by atoms with Crippen molar-refractivity contribution in [2.24, 2.45) is 0 Å². The van der Waals surface area contributed by atoms with Crippen LogP contribution < -0.4 is 10.6 Å². The van der Waals surface area contributed by atoms with E-state index in [-0.39, 0.29) is 5.91 Å². The van der Waals surface area contributed by atoms with E-state index in [1.807, 2.05) is 14.0 Å². The monoisotopic (exact) mass is 199 g/mol. The molecule has 1 rings (SSSR count). The molecule has 0 aromatic rings. The van der Waals surface area contributed by atoms with Crippen LogP contribution in [0.15, 0.2) is 0 Å². The number of carbonyl (C=O) groups is 1. The van der Waals surface area contributed by atoms with E-state index >= 15 is 0 Å². The van der Waals surface area contributed by atoms with Crippen molar-refractivity contribution in [3.63, 3.8) is 0 Å². The van der Waals surface area contributed by atoms with Gasteiger partial charge in [-0.05, 0) is 26.3 Å². The molecule has 0 spiro atoms. The van der Waals surface area contributed by atoms with Gasteiger partial charge < -0.3 is 15.5 Å². The van der Waals surface area contributed by atoms with E-state index in [9.17, 15) is 4.79 Å². The fourth-order valence-corrected chi connectivity index (χ4v) is 1.60. The molecule has 0 aliphatic carbocycles. The van der Waals surface area contributed by atoms with Gasteiger partial charge in [-0.15, -0.1) is 0 Å². The lowest BCUT2D eigenvalue weighted by molar-refractivity contribution is -0.128. The van der Waals surface area contributed by atoms with E-state index in [1.165, 1.54) is 12.8 Å². The molecule has 1 aliphatic rings. The van der Waals surface area contributed by atoms with Gasteiger partial charge in [0.2, 0.25) is 5.91 Å². The number of rotatable bonds is 5. The summed E-state index contributed by atoms with van der Waals surface area (Å²) in [5, 5.41) is 6.57. The minimum absolute atomic E-state index is 0.172. The van der Waals surface area contributed by atoms with Crippen LogP contribution in [0.25, 0.3) is 0 Å². The van der Waals surface area contributed by atoms with Gasteiger partial charge in [0.15, 0.2) is 0 Å². The first-order chi connectivity index (χ1) is 6.74. The zero-order chi connectivity index (χ0) is 10.4. The standard InChI is InChI=1S/C10H21N3O/c1-3-13(2)10(14)8-11-7-9-5-4-6-12-9/h9,11-12H,3-8H2,1-2H3. The zero-order valence-corrected chi connectivity index (χ0v) is 9.18. The van der Waals surface area contributed by atoms with Crippen molar-refractivity contribution in [2.75, 3.05) is 33.2 Å². The Kier molecular flexibility index (Phi) is 4.90. The van der Waals surface area contributed by atoms with Crippen molar-refractivity contribution < 1.29 is 4.79 Å². The maximum atomic E-state index is 11.4. The van der Waals surface area contributed by atoms with E-state index in [4.69, 9.17) is 0 Å². The summed E-state index contributed by atoms with van der Waals surface area (Å²) in [6.45, 7) is 5.25. The van der Waals surface area contributed by atoms with E-state index < -0.39 is 0 Å². The van der Waals surface area contributed by atoms with Crippen LogP contribution in [-0.2, 0) is 4.79 Å². The first kappa shape index (κ1) is 11.5. The Bertz CT molecular complexity index is 178. The number of carbonyl (C=O) groups excluding carboxylic acids is 1. The highest BCUT2D eigenvalue weighted by atomic mass is 16.2. The Morgan fingerprint density at radius 3 is 3.00 bits per heavy atom. The predicted octanol–water partition coefficient (Wildman–Crippen LogP) is -0.194. The summed E-state index contributed by atoms with van der Waals surface area (Å²) in [4.78, 5) is 13.1. The molecule has 0 radical (unpaired) electrons. The van der Waals surface area contributed by atoms with Gasteiger partial charge in [0, 0.05) is 26.2 Å². The first-order valence-electron chi connectivity index (χ1n) is 5.42. The van der Waals surface area contributed by atoms with Crippen LogP contribution in [0.4, 0.5) is 0 Å². The van der Waals surface area contributed by atoms with Crippen LogP contribution in [0.2, 0.25) is 0 Å². The molecule has 1 aliphatic heterocycles. The van der Waals surface area contributed by atoms with Gasteiger partial charge in [0.25, 0.3) is 0 Å². The minimum Gasteiger partial charge on any atom is -0.345 e. The second-order valence-electron chi connectivity index (χ2n) is 3.83. The highest BCUT2D eigenvalue weighted by Crippen LogP contribution is 2.02. The Morgan fingerprint density at radius 2 is 2.43 bits per heavy atom. The van der Waals surface area contributed by atoms with Crippen LogP contribution >= 0.6 is 0 Å². The smallest absolute Gasteiger partial charge is 0.236 e. The maximum Gasteiger partial charge on any atom is 0.236 e. The molecule has 1 atom stereocenters. The molecule has 4 nitrogen and oxygen atoms in total. The van der Waals surface area contributed by atoms with E-state index in [2.05, 4.69) is 10.6 Å². The summed E-state index contributed by atoms with van der Waals surface area (Å²) in [6, 6.07) is 0.565. The minimum atomic E-state index is 0.172. The Balaban J connectivity index is 2.05. The first-order valence-corrected chi connectivity index (χ1v) is 5.42. The van der Waals surface area contributed by atoms with Crippen molar-refractivity contribution >= 4 is 5.91 Å². The average molecular weight is 199 g/mol. The Labute approximate surface area is 86.0 Å². The van der Waals surface area contributed by atoms with E-state index in [0.29, 0.717) is 12.6 Å². The molecule has 14 heavy (non-hydrogen) atoms. The number of nitrogens with zero attached hydrogens (tertiary/aromatic N) is 1. The van der Waals surface area contributed by atoms with Crippen LogP contribution in [0.1, 0.15) is 19.8 Å². The fraction of sp³-hybridized carbons (Fsp3) is 0.900. The quantitative estimate of drug-likeness (QED) is 0.645. The highest BCUT2D eigenvalue weighted by molar-refractivity contribution is 5.77. The van der Waals surface area contributed by atoms with Gasteiger partial charge >= 0.3 is 0 Å². The molecule has 1 heterocycles. The third-order valence-electron chi connectivity index (χ3n) is 2.73. The molecule has 0 aromatic carbocycles. The molecule has 0 bridgehead atoms. The number of hydrogen-bond acceptors (Lipinski definition) is 3. The van der Waals surface area contributed by atoms with Crippen LogP contribution in [0, 0.1) is 0 Å². The summed E-state index contributed by atoms with van der Waals surface area (Å²) < 4.78 is 0. The molecule has 82 valence electrons. The molecule has 1 unspecified atom stereocenters. The van der Waals surface area contributed by atoms with E-state index in [1.54, 1.807) is 4.90 Å². The summed E-state index contributed by atoms with van der Waals surface area (Å²) >= 11 is 0. The molecule has 1 saturated heterocycles. The van der Waals surface area contributed by atoms with Crippen LogP contribution in [-0.4, -0.2) is 50.1 Å². The number of hydrogen-bond donors (Lipinski definition) is 2. The molecule has 1 amide bonds. The van der Waals surface area contributed by atoms with Gasteiger partial charge in [0.1, 0.15) is 0 Å². The van der Waals surface area contributed by atoms with Crippen molar-refractivity contribution in [2.45, 2.75) is 25.8 Å². The van der Waals surface area contributed by atoms with Crippen molar-refractivity contribution in [3.8, 4) is 0 Å². The van der Waals surface area contributed by atoms with Gasteiger partial charge in [-0.25, -0.2) is 0 Å². The normalized spacial score (nSPS) is 21.1. The van der Waals surface area contributed by atoms with Crippen molar-refractivity contribution in [1.82, 2.24) is 15.5 Å². The molecule has 2 N–H and O–H groups in total. The summed E-state index contributed by atoms with van der Waals surface area (Å²) in [5.74, 6) is 0.172. The largest absolute Gasteiger partial charge is 0.345 e. The number of likely N-dealkylation sites (N-methyl/N-ethyl adjacent to an activating group) is 1. The SMILES string of the molecule is CCN(C)C(=O)CNCC1CCCN1. The van der Waals surface area contributed by atoms with Crippen LogP contribution in [0.5, 0.6) is 0 Å². The fourth-order valence-electron chi connectivity index (χ4n) is 1.60. The summed E-state index contributed by atoms with van der Waals surface area (Å²) in [5.41, 5.74) is 0. The average Bonchev–Trinajstić information content (AvgIpc) is 2.69. The zero-order valence-electron chi connectivity index (χ0n) is 9.18. The topological polar surface area (TPSA) is 44.4 Å². The summed E-state index contributed by atoms with van der Waals surface area (Å²) in [7, 11) is 1.83. The third kappa shape index (κ3) is 3.64. The lowest BCUT2D eigenvalue weighted by atomic mass is 10.2. The van der Waals surface area contributed by atoms with Gasteiger partial charge in [-0.2, -0.15) is 0 Å². The third-order valence-corrected chi connectivity index (χ3v) is 2.73. The molecule has 0 saturated carbocycles. The molecule has 1 fully saturated rings. The number of amides is 1. The van der Waals surface area contributed by atoms with Crippen molar-refractivity contribution in [1.29, 1.82) is 0 Å².